The molecule has 0 saturated carbocycles. The van der Waals surface area contributed by atoms with E-state index in [1.807, 2.05) is 0 Å². The lowest BCUT2D eigenvalue weighted by molar-refractivity contribution is -0.155. The van der Waals surface area contributed by atoms with Crippen LogP contribution < -0.4 is 16.0 Å². The van der Waals surface area contributed by atoms with E-state index in [9.17, 15) is 29.4 Å². The molecule has 0 radical (unpaired) electrons. The molecule has 2 saturated heterocycles. The molecule has 2 aromatic rings. The monoisotopic (exact) mass is 554 g/mol. The summed E-state index contributed by atoms with van der Waals surface area (Å²) in [5.41, 5.74) is 0.409. The molecule has 13 nitrogen and oxygen atoms in total. The predicted octanol–water partition coefficient (Wildman–Crippen LogP) is -1.00. The topological polar surface area (TPSA) is 183 Å². The second-order valence-corrected chi connectivity index (χ2v) is 10.3. The minimum absolute atomic E-state index is 0.143. The number of carbonyl (C=O) groups is 4. The van der Waals surface area contributed by atoms with E-state index in [4.69, 9.17) is 4.74 Å². The number of hydrogen-bond acceptors (Lipinski definition) is 9. The van der Waals surface area contributed by atoms with Crippen LogP contribution in [0.4, 0.5) is 0 Å². The van der Waals surface area contributed by atoms with Crippen molar-refractivity contribution >= 4 is 23.6 Å². The number of nitrogens with one attached hydrogen (secondary N) is 3. The smallest absolute Gasteiger partial charge is 0.274 e. The Bertz CT molecular complexity index is 1240. The molecule has 0 spiro atoms. The lowest BCUT2D eigenvalue weighted by Gasteiger charge is -2.41. The van der Waals surface area contributed by atoms with E-state index in [1.165, 1.54) is 44.1 Å². The number of aliphatic hydroxyl groups is 1. The second kappa shape index (κ2) is 12.4. The molecular weight excluding hydrogens is 520 g/mol. The maximum absolute atomic E-state index is 13.7. The Morgan fingerprint density at radius 1 is 1.12 bits per heavy atom. The van der Waals surface area contributed by atoms with Gasteiger partial charge in [0.2, 0.25) is 17.7 Å². The molecule has 0 aliphatic carbocycles. The van der Waals surface area contributed by atoms with Crippen molar-refractivity contribution in [3.8, 4) is 5.75 Å². The van der Waals surface area contributed by atoms with Gasteiger partial charge in [-0.25, -0.2) is 4.98 Å². The lowest BCUT2D eigenvalue weighted by Crippen LogP contribution is -2.65. The molecule has 2 fully saturated rings. The zero-order valence-corrected chi connectivity index (χ0v) is 22.5. The zero-order chi connectivity index (χ0) is 29.0. The number of amides is 4. The maximum Gasteiger partial charge on any atom is 0.274 e. The van der Waals surface area contributed by atoms with Crippen LogP contribution in [0.1, 0.15) is 29.9 Å². The number of aromatic hydroxyl groups is 1. The van der Waals surface area contributed by atoms with Gasteiger partial charge in [-0.1, -0.05) is 13.0 Å². The fourth-order valence-electron chi connectivity index (χ4n) is 4.99. The molecule has 5 N–H and O–H groups in total. The molecule has 214 valence electrons. The number of aliphatic hydroxyl groups excluding tert-OH is 1. The van der Waals surface area contributed by atoms with Gasteiger partial charge >= 0.3 is 0 Å². The summed E-state index contributed by atoms with van der Waals surface area (Å²) < 4.78 is 5.28. The number of carbonyl (C=O) groups excluding carboxylic acids is 4. The lowest BCUT2D eigenvalue weighted by atomic mass is 9.89. The Kier molecular flexibility index (Phi) is 8.95. The van der Waals surface area contributed by atoms with Crippen LogP contribution in [0.15, 0.2) is 42.9 Å². The van der Waals surface area contributed by atoms with Crippen molar-refractivity contribution < 1.29 is 34.1 Å². The fraction of sp³-hybridized carbons (Fsp3) is 0.481. The zero-order valence-electron chi connectivity index (χ0n) is 22.5. The van der Waals surface area contributed by atoms with Crippen LogP contribution in [0.3, 0.4) is 0 Å². The van der Waals surface area contributed by atoms with Crippen LogP contribution in [-0.2, 0) is 25.5 Å². The van der Waals surface area contributed by atoms with Crippen molar-refractivity contribution in [3.05, 3.63) is 54.1 Å². The Morgan fingerprint density at radius 2 is 1.85 bits per heavy atom. The molecule has 1 unspecified atom stereocenters. The molecule has 4 heterocycles. The molecule has 4 rings (SSSR count). The summed E-state index contributed by atoms with van der Waals surface area (Å²) in [6.45, 7) is 3.61. The highest BCUT2D eigenvalue weighted by Gasteiger charge is 2.44. The van der Waals surface area contributed by atoms with Crippen LogP contribution in [-0.4, -0.2) is 99.2 Å². The van der Waals surface area contributed by atoms with Crippen LogP contribution in [0.2, 0.25) is 0 Å². The summed E-state index contributed by atoms with van der Waals surface area (Å²) in [5, 5.41) is 29.6. The highest BCUT2D eigenvalue weighted by Crippen LogP contribution is 2.24. The number of nitrogens with zero attached hydrogens (tertiary/aromatic N) is 3. The molecule has 4 amide bonds. The number of rotatable bonds is 5. The van der Waals surface area contributed by atoms with Crippen LogP contribution >= 0.6 is 0 Å². The molecule has 13 heteroatoms. The fourth-order valence-corrected chi connectivity index (χ4v) is 4.99. The van der Waals surface area contributed by atoms with E-state index < -0.39 is 59.8 Å². The first-order valence-electron chi connectivity index (χ1n) is 13.1. The Balaban J connectivity index is 1.70. The van der Waals surface area contributed by atoms with E-state index in [1.54, 1.807) is 24.5 Å². The maximum atomic E-state index is 13.7. The number of likely N-dealkylation sites (N-methyl/N-ethyl adjacent to an activating group) is 1. The van der Waals surface area contributed by atoms with Crippen molar-refractivity contribution in [3.63, 3.8) is 0 Å². The molecule has 40 heavy (non-hydrogen) atoms. The number of hydrogen-bond donors (Lipinski definition) is 5. The Labute approximate surface area is 231 Å². The third-order valence-electron chi connectivity index (χ3n) is 7.40. The Morgan fingerprint density at radius 3 is 2.48 bits per heavy atom. The van der Waals surface area contributed by atoms with Crippen LogP contribution in [0.25, 0.3) is 0 Å². The van der Waals surface area contributed by atoms with Crippen LogP contribution in [0.5, 0.6) is 5.75 Å². The molecule has 6 atom stereocenters. The summed E-state index contributed by atoms with van der Waals surface area (Å²) in [5.74, 6) is -4.19. The van der Waals surface area contributed by atoms with Crippen LogP contribution in [0, 0.1) is 11.8 Å². The van der Waals surface area contributed by atoms with Crippen molar-refractivity contribution in [1.82, 2.24) is 30.8 Å². The quantitative estimate of drug-likeness (QED) is 0.309. The first kappa shape index (κ1) is 28.9. The average Bonchev–Trinajstić information content (AvgIpc) is 2.91. The number of pyridine rings is 2. The van der Waals surface area contributed by atoms with Crippen molar-refractivity contribution in [1.29, 1.82) is 0 Å². The minimum atomic E-state index is -1.34. The summed E-state index contributed by atoms with van der Waals surface area (Å²) in [4.78, 5) is 62.9. The average molecular weight is 555 g/mol. The molecule has 2 aromatic heterocycles. The summed E-state index contributed by atoms with van der Waals surface area (Å²) in [7, 11) is 1.50. The second-order valence-electron chi connectivity index (χ2n) is 10.3. The normalized spacial score (nSPS) is 28.4. The first-order valence-corrected chi connectivity index (χ1v) is 13.1. The van der Waals surface area contributed by atoms with E-state index >= 15 is 0 Å². The van der Waals surface area contributed by atoms with Crippen molar-refractivity contribution in [2.24, 2.45) is 11.8 Å². The molecule has 2 aliphatic heterocycles. The predicted molar refractivity (Wildman–Crippen MR) is 141 cm³/mol. The summed E-state index contributed by atoms with van der Waals surface area (Å²) >= 11 is 0. The number of aromatic nitrogens is 2. The SMILES string of the molecule is C[C@H]1NC(=O)C(C2COC2)N(C)C(=O)[C@H](C)[C@H](O)[C@H](Cc2cccnc2)NC(=O)[C@H]1NC(=O)c1ncccc1O. The molecule has 0 aromatic carbocycles. The first-order chi connectivity index (χ1) is 19.1. The van der Waals surface area contributed by atoms with E-state index in [2.05, 4.69) is 25.9 Å². The molecule has 2 aliphatic rings. The van der Waals surface area contributed by atoms with Gasteiger partial charge in [-0.3, -0.25) is 24.2 Å². The highest BCUT2D eigenvalue weighted by atomic mass is 16.5. The van der Waals surface area contributed by atoms with E-state index in [0.29, 0.717) is 5.56 Å². The van der Waals surface area contributed by atoms with Gasteiger partial charge < -0.3 is 35.8 Å². The van der Waals surface area contributed by atoms with E-state index in [-0.39, 0.29) is 37.0 Å². The van der Waals surface area contributed by atoms with Gasteiger partial charge in [-0.2, -0.15) is 0 Å². The minimum Gasteiger partial charge on any atom is -0.505 e. The highest BCUT2D eigenvalue weighted by molar-refractivity contribution is 5.98. The van der Waals surface area contributed by atoms with E-state index in [0.717, 1.165) is 0 Å². The van der Waals surface area contributed by atoms with Crippen molar-refractivity contribution in [2.75, 3.05) is 20.3 Å². The summed E-state index contributed by atoms with van der Waals surface area (Å²) in [6.07, 6.45) is 3.30. The third kappa shape index (κ3) is 6.20. The number of ether oxygens (including phenoxy) is 1. The van der Waals surface area contributed by atoms with Gasteiger partial charge in [0, 0.05) is 31.6 Å². The van der Waals surface area contributed by atoms with Gasteiger partial charge in [-0.05, 0) is 37.1 Å². The third-order valence-corrected chi connectivity index (χ3v) is 7.40. The van der Waals surface area contributed by atoms with Gasteiger partial charge in [0.25, 0.3) is 5.91 Å². The Hall–Kier alpha value is -4.10. The standard InChI is InChI=1S/C27H34N6O7/c1-14-23(35)18(10-16-6-4-8-28-11-16)31-24(36)20(32-25(37)21-19(34)7-5-9-29-21)15(2)30-26(38)22(17-12-40-13-17)33(3)27(14)39/h4-9,11,14-15,17-18,20,22-23,34-35H,10,12-13H2,1-3H3,(H,30,38)(H,31,36)(H,32,37)/t14-,15-,18+,20+,22?,23+/m1/s1. The van der Waals surface area contributed by atoms with Gasteiger partial charge in [0.1, 0.15) is 17.8 Å². The van der Waals surface area contributed by atoms with Crippen molar-refractivity contribution in [2.45, 2.75) is 50.5 Å². The van der Waals surface area contributed by atoms with Gasteiger partial charge in [0.05, 0.1) is 37.3 Å². The molecule has 0 bridgehead atoms. The van der Waals surface area contributed by atoms with Gasteiger partial charge in [0.15, 0.2) is 5.69 Å². The summed E-state index contributed by atoms with van der Waals surface area (Å²) in [6, 6.07) is 2.08. The molecular formula is C27H34N6O7. The largest absolute Gasteiger partial charge is 0.505 e. The van der Waals surface area contributed by atoms with Gasteiger partial charge in [-0.15, -0.1) is 0 Å².